The second kappa shape index (κ2) is 9.50. The van der Waals surface area contributed by atoms with E-state index in [1.165, 1.54) is 50.3 Å². The van der Waals surface area contributed by atoms with Crippen molar-refractivity contribution in [2.24, 2.45) is 11.8 Å². The molecule has 2 N–H and O–H groups in total. The van der Waals surface area contributed by atoms with Crippen LogP contribution in [0.3, 0.4) is 0 Å². The summed E-state index contributed by atoms with van der Waals surface area (Å²) < 4.78 is 18.9. The van der Waals surface area contributed by atoms with Gasteiger partial charge in [-0.2, -0.15) is 0 Å². The van der Waals surface area contributed by atoms with Crippen molar-refractivity contribution < 1.29 is 18.7 Å². The third kappa shape index (κ3) is 5.43. The Morgan fingerprint density at radius 1 is 1.10 bits per heavy atom. The van der Waals surface area contributed by atoms with Crippen LogP contribution in [0.1, 0.15) is 62.2 Å². The lowest BCUT2D eigenvalue weighted by Crippen LogP contribution is -2.20. The maximum Gasteiger partial charge on any atom is 0.323 e. The van der Waals surface area contributed by atoms with Crippen molar-refractivity contribution in [2.75, 3.05) is 10.6 Å². The van der Waals surface area contributed by atoms with E-state index in [1.807, 2.05) is 18.2 Å². The van der Waals surface area contributed by atoms with E-state index in [2.05, 4.69) is 10.6 Å². The molecular formula is C25H29FN2O3. The highest BCUT2D eigenvalue weighted by Crippen LogP contribution is 2.42. The molecule has 2 unspecified atom stereocenters. The number of anilines is 2. The largest absolute Gasteiger partial charge is 0.457 e. The number of esters is 1. The molecule has 2 amide bonds. The minimum absolute atomic E-state index is 0.145. The fraction of sp³-hybridized carbons (Fsp3) is 0.440. The Kier molecular flexibility index (Phi) is 6.54. The zero-order valence-corrected chi connectivity index (χ0v) is 17.8. The second-order valence-corrected chi connectivity index (χ2v) is 8.78. The van der Waals surface area contributed by atoms with Crippen molar-refractivity contribution in [2.45, 2.75) is 58.0 Å². The number of carbonyl (C=O) groups excluding carboxylic acids is 2. The zero-order chi connectivity index (χ0) is 21.8. The predicted octanol–water partition coefficient (Wildman–Crippen LogP) is 6.35. The molecule has 164 valence electrons. The van der Waals surface area contributed by atoms with Crippen molar-refractivity contribution in [1.29, 1.82) is 0 Å². The number of hydrogen-bond donors (Lipinski definition) is 2. The minimum Gasteiger partial charge on any atom is -0.457 e. The standard InChI is InChI=1S/C25H29FN2O3/c1-16-12-20(26)10-11-22(16)28-25(30)27-21-9-5-8-18(14-21)24-19(15-23(29)31-24)13-17-6-3-2-4-7-17/h5,8-12,14,17,19,24H,2-4,6-7,13,15H2,1H3,(H2,27,28,30). The summed E-state index contributed by atoms with van der Waals surface area (Å²) in [6.07, 6.45) is 7.55. The van der Waals surface area contributed by atoms with Crippen LogP contribution in [0.5, 0.6) is 0 Å². The molecule has 5 nitrogen and oxygen atoms in total. The van der Waals surface area contributed by atoms with E-state index in [-0.39, 0.29) is 23.8 Å². The lowest BCUT2D eigenvalue weighted by Gasteiger charge is -2.26. The maximum atomic E-state index is 13.3. The van der Waals surface area contributed by atoms with E-state index < -0.39 is 6.03 Å². The number of ether oxygens (including phenoxy) is 1. The van der Waals surface area contributed by atoms with Crippen LogP contribution in [0.15, 0.2) is 42.5 Å². The lowest BCUT2D eigenvalue weighted by molar-refractivity contribution is -0.141. The van der Waals surface area contributed by atoms with Gasteiger partial charge in [-0.05, 0) is 60.7 Å². The van der Waals surface area contributed by atoms with Crippen LogP contribution < -0.4 is 10.6 Å². The van der Waals surface area contributed by atoms with E-state index in [9.17, 15) is 14.0 Å². The highest BCUT2D eigenvalue weighted by Gasteiger charge is 2.37. The first-order chi connectivity index (χ1) is 15.0. The summed E-state index contributed by atoms with van der Waals surface area (Å²) in [4.78, 5) is 24.5. The van der Waals surface area contributed by atoms with Gasteiger partial charge in [0.05, 0.1) is 6.42 Å². The summed E-state index contributed by atoms with van der Waals surface area (Å²) in [5.74, 6) is 0.363. The molecule has 2 atom stereocenters. The smallest absolute Gasteiger partial charge is 0.323 e. The summed E-state index contributed by atoms with van der Waals surface area (Å²) >= 11 is 0. The van der Waals surface area contributed by atoms with Crippen molar-refractivity contribution in [1.82, 2.24) is 0 Å². The highest BCUT2D eigenvalue weighted by atomic mass is 19.1. The Morgan fingerprint density at radius 3 is 2.68 bits per heavy atom. The Bertz CT molecular complexity index is 956. The number of aryl methyl sites for hydroxylation is 1. The van der Waals surface area contributed by atoms with E-state index in [1.54, 1.807) is 13.0 Å². The molecule has 1 heterocycles. The van der Waals surface area contributed by atoms with Gasteiger partial charge in [-0.25, -0.2) is 9.18 Å². The van der Waals surface area contributed by atoms with Crippen LogP contribution in [-0.2, 0) is 9.53 Å². The molecular weight excluding hydrogens is 395 g/mol. The van der Waals surface area contributed by atoms with Gasteiger partial charge in [0.15, 0.2) is 0 Å². The summed E-state index contributed by atoms with van der Waals surface area (Å²) in [7, 11) is 0. The molecule has 4 rings (SSSR count). The molecule has 0 aromatic heterocycles. The third-order valence-corrected chi connectivity index (χ3v) is 6.39. The number of halogens is 1. The van der Waals surface area contributed by atoms with Crippen molar-refractivity contribution >= 4 is 23.4 Å². The normalized spacial score (nSPS) is 21.5. The first-order valence-electron chi connectivity index (χ1n) is 11.1. The molecule has 1 saturated carbocycles. The lowest BCUT2D eigenvalue weighted by atomic mass is 9.79. The van der Waals surface area contributed by atoms with Gasteiger partial charge in [0.1, 0.15) is 11.9 Å². The summed E-state index contributed by atoms with van der Waals surface area (Å²) in [6, 6.07) is 11.3. The molecule has 2 fully saturated rings. The van der Waals surface area contributed by atoms with Gasteiger partial charge in [-0.15, -0.1) is 0 Å². The molecule has 6 heteroatoms. The molecule has 31 heavy (non-hydrogen) atoms. The van der Waals surface area contributed by atoms with Gasteiger partial charge >= 0.3 is 12.0 Å². The zero-order valence-electron chi connectivity index (χ0n) is 17.8. The van der Waals surface area contributed by atoms with Crippen LogP contribution in [-0.4, -0.2) is 12.0 Å². The predicted molar refractivity (Wildman–Crippen MR) is 118 cm³/mol. The number of benzene rings is 2. The van der Waals surface area contributed by atoms with E-state index in [4.69, 9.17) is 4.74 Å². The van der Waals surface area contributed by atoms with Crippen molar-refractivity contribution in [3.8, 4) is 0 Å². The molecule has 2 aromatic rings. The molecule has 2 aliphatic rings. The number of nitrogens with one attached hydrogen (secondary N) is 2. The van der Waals surface area contributed by atoms with Crippen LogP contribution >= 0.6 is 0 Å². The summed E-state index contributed by atoms with van der Waals surface area (Å²) in [5, 5.41) is 5.56. The van der Waals surface area contributed by atoms with E-state index >= 15 is 0 Å². The van der Waals surface area contributed by atoms with Crippen molar-refractivity contribution in [3.63, 3.8) is 0 Å². The van der Waals surface area contributed by atoms with Gasteiger partial charge in [-0.1, -0.05) is 44.2 Å². The average molecular weight is 425 g/mol. The Labute approximate surface area is 182 Å². The molecule has 1 saturated heterocycles. The number of carbonyl (C=O) groups is 2. The van der Waals surface area contributed by atoms with Crippen LogP contribution in [0.2, 0.25) is 0 Å². The first-order valence-corrected chi connectivity index (χ1v) is 11.1. The highest BCUT2D eigenvalue weighted by molar-refractivity contribution is 6.00. The average Bonchev–Trinajstić information content (AvgIpc) is 3.11. The SMILES string of the molecule is Cc1cc(F)ccc1NC(=O)Nc1cccc(C2OC(=O)CC2CC2CCCCC2)c1. The van der Waals surface area contributed by atoms with Crippen LogP contribution in [0, 0.1) is 24.6 Å². The van der Waals surface area contributed by atoms with Gasteiger partial charge in [0, 0.05) is 17.3 Å². The molecule has 0 radical (unpaired) electrons. The fourth-order valence-electron chi connectivity index (χ4n) is 4.85. The second-order valence-electron chi connectivity index (χ2n) is 8.78. The Hall–Kier alpha value is -2.89. The van der Waals surface area contributed by atoms with E-state index in [0.29, 0.717) is 29.3 Å². The Morgan fingerprint density at radius 2 is 1.90 bits per heavy atom. The minimum atomic E-state index is -0.408. The molecule has 1 aliphatic carbocycles. The first kappa shape index (κ1) is 21.3. The number of hydrogen-bond acceptors (Lipinski definition) is 3. The van der Waals surface area contributed by atoms with Crippen LogP contribution in [0.4, 0.5) is 20.6 Å². The summed E-state index contributed by atoms with van der Waals surface area (Å²) in [5.41, 5.74) is 2.72. The molecule has 2 aromatic carbocycles. The third-order valence-electron chi connectivity index (χ3n) is 6.39. The quantitative estimate of drug-likeness (QED) is 0.549. The molecule has 0 bridgehead atoms. The van der Waals surface area contributed by atoms with Gasteiger partial charge in [-0.3, -0.25) is 4.79 Å². The molecule has 0 spiro atoms. The maximum absolute atomic E-state index is 13.3. The number of amides is 2. The monoisotopic (exact) mass is 424 g/mol. The number of urea groups is 1. The van der Waals surface area contributed by atoms with Gasteiger partial charge in [0.25, 0.3) is 0 Å². The fourth-order valence-corrected chi connectivity index (χ4v) is 4.85. The van der Waals surface area contributed by atoms with Crippen LogP contribution in [0.25, 0.3) is 0 Å². The molecule has 1 aliphatic heterocycles. The number of rotatable bonds is 5. The van der Waals surface area contributed by atoms with Gasteiger partial charge in [0.2, 0.25) is 0 Å². The van der Waals surface area contributed by atoms with Gasteiger partial charge < -0.3 is 15.4 Å². The van der Waals surface area contributed by atoms with Crippen molar-refractivity contribution in [3.05, 3.63) is 59.4 Å². The Balaban J connectivity index is 1.42. The van der Waals surface area contributed by atoms with E-state index in [0.717, 1.165) is 12.0 Å². The topological polar surface area (TPSA) is 67.4 Å². The number of cyclic esters (lactones) is 1. The summed E-state index contributed by atoms with van der Waals surface area (Å²) in [6.45, 7) is 1.74.